The van der Waals surface area contributed by atoms with Gasteiger partial charge >= 0.3 is 5.97 Å². The van der Waals surface area contributed by atoms with Gasteiger partial charge in [-0.05, 0) is 35.0 Å². The highest BCUT2D eigenvalue weighted by molar-refractivity contribution is 9.10. The Balaban J connectivity index is 3.17. The van der Waals surface area contributed by atoms with Gasteiger partial charge in [0.1, 0.15) is 5.75 Å². The Morgan fingerprint density at radius 3 is 2.73 bits per heavy atom. The van der Waals surface area contributed by atoms with E-state index in [9.17, 15) is 4.79 Å². The summed E-state index contributed by atoms with van der Waals surface area (Å²) < 4.78 is 10.6. The summed E-state index contributed by atoms with van der Waals surface area (Å²) in [7, 11) is 1.31. The number of benzene rings is 1. The number of hydrogen-bond donors (Lipinski definition) is 1. The van der Waals surface area contributed by atoms with Crippen LogP contribution in [0.3, 0.4) is 0 Å². The molecule has 0 bridgehead atoms. The highest BCUT2D eigenvalue weighted by Gasteiger charge is 2.13. The number of ether oxygens (including phenoxy) is 2. The molecule has 15 heavy (non-hydrogen) atoms. The van der Waals surface area contributed by atoms with E-state index in [1.807, 2.05) is 6.92 Å². The first-order valence-electron chi connectivity index (χ1n) is 4.40. The molecular weight excluding hydrogens is 262 g/mol. The van der Waals surface area contributed by atoms with E-state index < -0.39 is 5.97 Å². The molecule has 1 rings (SSSR count). The Morgan fingerprint density at radius 1 is 1.53 bits per heavy atom. The average molecular weight is 274 g/mol. The van der Waals surface area contributed by atoms with Crippen molar-refractivity contribution >= 4 is 27.6 Å². The number of nitrogens with two attached hydrogens (primary N) is 1. The maximum atomic E-state index is 11.3. The molecule has 0 radical (unpaired) electrons. The molecule has 0 unspecified atom stereocenters. The summed E-state index contributed by atoms with van der Waals surface area (Å²) in [6, 6.07) is 3.19. The molecular formula is C10H12BrNO3. The largest absolute Gasteiger partial charge is 0.493 e. The zero-order valence-electron chi connectivity index (χ0n) is 8.54. The lowest BCUT2D eigenvalue weighted by atomic mass is 10.2. The van der Waals surface area contributed by atoms with Crippen LogP contribution in [0.5, 0.6) is 5.75 Å². The highest BCUT2D eigenvalue weighted by Crippen LogP contribution is 2.30. The summed E-state index contributed by atoms with van der Waals surface area (Å²) in [5.41, 5.74) is 6.34. The lowest BCUT2D eigenvalue weighted by Crippen LogP contribution is -2.06. The van der Waals surface area contributed by atoms with Gasteiger partial charge in [-0.2, -0.15) is 0 Å². The molecule has 2 N–H and O–H groups in total. The summed E-state index contributed by atoms with van der Waals surface area (Å²) in [6.45, 7) is 2.38. The molecule has 0 spiro atoms. The number of halogens is 1. The normalized spacial score (nSPS) is 9.80. The second-order valence-electron chi connectivity index (χ2n) is 2.79. The number of carbonyl (C=O) groups excluding carboxylic acids is 1. The molecule has 0 heterocycles. The summed E-state index contributed by atoms with van der Waals surface area (Å²) in [6.07, 6.45) is 0. The summed E-state index contributed by atoms with van der Waals surface area (Å²) in [5.74, 6) is 0.105. The Labute approximate surface area is 96.5 Å². The second-order valence-corrected chi connectivity index (χ2v) is 3.65. The quantitative estimate of drug-likeness (QED) is 0.678. The van der Waals surface area contributed by atoms with Gasteiger partial charge in [-0.1, -0.05) is 0 Å². The first-order chi connectivity index (χ1) is 7.10. The van der Waals surface area contributed by atoms with Crippen LogP contribution in [0, 0.1) is 0 Å². The summed E-state index contributed by atoms with van der Waals surface area (Å²) in [4.78, 5) is 11.3. The molecule has 1 aromatic rings. The smallest absolute Gasteiger partial charge is 0.340 e. The van der Waals surface area contributed by atoms with Gasteiger partial charge in [-0.15, -0.1) is 0 Å². The molecule has 0 saturated heterocycles. The fraction of sp³-hybridized carbons (Fsp3) is 0.300. The molecule has 82 valence electrons. The van der Waals surface area contributed by atoms with Gasteiger partial charge in [-0.25, -0.2) is 4.79 Å². The number of carbonyl (C=O) groups is 1. The van der Waals surface area contributed by atoms with Crippen LogP contribution < -0.4 is 10.5 Å². The highest BCUT2D eigenvalue weighted by atomic mass is 79.9. The van der Waals surface area contributed by atoms with Crippen molar-refractivity contribution in [1.82, 2.24) is 0 Å². The standard InChI is InChI=1S/C10H12BrNO3/c1-3-15-9-4-6(10(13)14-2)8(12)5-7(9)11/h4-5H,3,12H2,1-2H3. The van der Waals surface area contributed by atoms with Crippen molar-refractivity contribution in [1.29, 1.82) is 0 Å². The Hall–Kier alpha value is -1.23. The molecule has 0 aliphatic heterocycles. The first kappa shape index (κ1) is 11.8. The molecule has 0 aliphatic rings. The van der Waals surface area contributed by atoms with Gasteiger partial charge in [0.05, 0.1) is 23.8 Å². The molecule has 4 nitrogen and oxygen atoms in total. The minimum absolute atomic E-state index is 0.309. The molecule has 1 aromatic carbocycles. The van der Waals surface area contributed by atoms with E-state index in [0.717, 1.165) is 4.47 Å². The van der Waals surface area contributed by atoms with Crippen LogP contribution in [0.1, 0.15) is 17.3 Å². The molecule has 5 heteroatoms. The maximum Gasteiger partial charge on any atom is 0.340 e. The second kappa shape index (κ2) is 5.02. The predicted octanol–water partition coefficient (Wildman–Crippen LogP) is 2.22. The third kappa shape index (κ3) is 2.62. The zero-order valence-corrected chi connectivity index (χ0v) is 10.1. The Bertz CT molecular complexity index is 379. The molecule has 0 aliphatic carbocycles. The molecule has 0 saturated carbocycles. The van der Waals surface area contributed by atoms with E-state index in [1.165, 1.54) is 7.11 Å². The minimum atomic E-state index is -0.471. The summed E-state index contributed by atoms with van der Waals surface area (Å²) in [5, 5.41) is 0. The van der Waals surface area contributed by atoms with E-state index in [0.29, 0.717) is 23.6 Å². The Kier molecular flexibility index (Phi) is 3.96. The topological polar surface area (TPSA) is 61.5 Å². The third-order valence-corrected chi connectivity index (χ3v) is 2.43. The number of methoxy groups -OCH3 is 1. The fourth-order valence-corrected chi connectivity index (χ4v) is 1.60. The van der Waals surface area contributed by atoms with E-state index in [1.54, 1.807) is 12.1 Å². The van der Waals surface area contributed by atoms with E-state index in [2.05, 4.69) is 20.7 Å². The Morgan fingerprint density at radius 2 is 2.20 bits per heavy atom. The van der Waals surface area contributed by atoms with E-state index in [4.69, 9.17) is 10.5 Å². The van der Waals surface area contributed by atoms with Crippen LogP contribution in [0.15, 0.2) is 16.6 Å². The third-order valence-electron chi connectivity index (χ3n) is 1.81. The molecule has 0 fully saturated rings. The van der Waals surface area contributed by atoms with Crippen molar-refractivity contribution in [2.24, 2.45) is 0 Å². The van der Waals surface area contributed by atoms with Crippen molar-refractivity contribution in [2.75, 3.05) is 19.5 Å². The van der Waals surface area contributed by atoms with E-state index in [-0.39, 0.29) is 0 Å². The van der Waals surface area contributed by atoms with Gasteiger partial charge in [0.25, 0.3) is 0 Å². The molecule has 0 amide bonds. The van der Waals surface area contributed by atoms with Gasteiger partial charge in [-0.3, -0.25) is 0 Å². The summed E-state index contributed by atoms with van der Waals surface area (Å²) >= 11 is 3.30. The fourth-order valence-electron chi connectivity index (χ4n) is 1.12. The molecule has 0 atom stereocenters. The number of rotatable bonds is 3. The van der Waals surface area contributed by atoms with Crippen molar-refractivity contribution in [2.45, 2.75) is 6.92 Å². The minimum Gasteiger partial charge on any atom is -0.493 e. The van der Waals surface area contributed by atoms with Crippen LogP contribution >= 0.6 is 15.9 Å². The van der Waals surface area contributed by atoms with Crippen LogP contribution in [-0.2, 0) is 4.74 Å². The van der Waals surface area contributed by atoms with Gasteiger partial charge in [0, 0.05) is 5.69 Å². The number of anilines is 1. The van der Waals surface area contributed by atoms with Crippen LogP contribution in [0.4, 0.5) is 5.69 Å². The maximum absolute atomic E-state index is 11.3. The van der Waals surface area contributed by atoms with Gasteiger partial charge < -0.3 is 15.2 Å². The van der Waals surface area contributed by atoms with Crippen LogP contribution in [0.25, 0.3) is 0 Å². The van der Waals surface area contributed by atoms with Crippen molar-refractivity contribution in [3.8, 4) is 5.75 Å². The SMILES string of the molecule is CCOc1cc(C(=O)OC)c(N)cc1Br. The zero-order chi connectivity index (χ0) is 11.4. The van der Waals surface area contributed by atoms with Gasteiger partial charge in [0.2, 0.25) is 0 Å². The lowest BCUT2D eigenvalue weighted by Gasteiger charge is -2.09. The lowest BCUT2D eigenvalue weighted by molar-refractivity contribution is 0.0601. The van der Waals surface area contributed by atoms with Crippen LogP contribution in [-0.4, -0.2) is 19.7 Å². The first-order valence-corrected chi connectivity index (χ1v) is 5.19. The van der Waals surface area contributed by atoms with Crippen molar-refractivity contribution < 1.29 is 14.3 Å². The van der Waals surface area contributed by atoms with Gasteiger partial charge in [0.15, 0.2) is 0 Å². The average Bonchev–Trinajstić information content (AvgIpc) is 2.21. The number of esters is 1. The molecule has 0 aromatic heterocycles. The number of nitrogen functional groups attached to an aromatic ring is 1. The van der Waals surface area contributed by atoms with E-state index >= 15 is 0 Å². The van der Waals surface area contributed by atoms with Crippen molar-refractivity contribution in [3.05, 3.63) is 22.2 Å². The predicted molar refractivity (Wildman–Crippen MR) is 61.1 cm³/mol. The van der Waals surface area contributed by atoms with Crippen molar-refractivity contribution in [3.63, 3.8) is 0 Å². The number of hydrogen-bond acceptors (Lipinski definition) is 4. The van der Waals surface area contributed by atoms with Crippen LogP contribution in [0.2, 0.25) is 0 Å². The monoisotopic (exact) mass is 273 g/mol.